The van der Waals surface area contributed by atoms with Crippen molar-refractivity contribution in [3.63, 3.8) is 0 Å². The average molecular weight is 478 g/mol. The first-order chi connectivity index (χ1) is 14.9. The SMILES string of the molecule is Cc1ccn2c(=O)cc(COc3cc(NC(=O)c4ccc(Br)cc4)ccc3C)nc2c1. The van der Waals surface area contributed by atoms with Crippen LogP contribution in [0.15, 0.2) is 76.1 Å². The number of carbonyl (C=O) groups excluding carboxylic acids is 1. The van der Waals surface area contributed by atoms with Gasteiger partial charge in [0.15, 0.2) is 0 Å². The molecular weight excluding hydrogens is 458 g/mol. The van der Waals surface area contributed by atoms with E-state index in [9.17, 15) is 9.59 Å². The molecule has 1 amide bonds. The highest BCUT2D eigenvalue weighted by Gasteiger charge is 2.09. The first-order valence-electron chi connectivity index (χ1n) is 9.68. The number of nitrogens with one attached hydrogen (secondary N) is 1. The van der Waals surface area contributed by atoms with Gasteiger partial charge in [-0.25, -0.2) is 4.98 Å². The van der Waals surface area contributed by atoms with Gasteiger partial charge >= 0.3 is 0 Å². The summed E-state index contributed by atoms with van der Waals surface area (Å²) < 4.78 is 8.34. The average Bonchev–Trinajstić information content (AvgIpc) is 2.74. The summed E-state index contributed by atoms with van der Waals surface area (Å²) in [5, 5.41) is 2.88. The van der Waals surface area contributed by atoms with Gasteiger partial charge in [0.05, 0.1) is 5.69 Å². The van der Waals surface area contributed by atoms with Crippen LogP contribution < -0.4 is 15.6 Å². The predicted octanol–water partition coefficient (Wildman–Crippen LogP) is 4.91. The summed E-state index contributed by atoms with van der Waals surface area (Å²) in [5.74, 6) is 0.404. The molecule has 0 saturated carbocycles. The van der Waals surface area contributed by atoms with Crippen LogP contribution in [0.5, 0.6) is 5.75 Å². The molecule has 31 heavy (non-hydrogen) atoms. The number of fused-ring (bicyclic) bond motifs is 1. The summed E-state index contributed by atoms with van der Waals surface area (Å²) in [6.07, 6.45) is 1.71. The zero-order valence-corrected chi connectivity index (χ0v) is 18.6. The van der Waals surface area contributed by atoms with Crippen LogP contribution in [-0.4, -0.2) is 15.3 Å². The Morgan fingerprint density at radius 3 is 2.61 bits per heavy atom. The van der Waals surface area contributed by atoms with Gasteiger partial charge in [-0.3, -0.25) is 14.0 Å². The third-order valence-corrected chi connectivity index (χ3v) is 5.33. The van der Waals surface area contributed by atoms with Crippen molar-refractivity contribution in [2.45, 2.75) is 20.5 Å². The predicted molar refractivity (Wildman–Crippen MR) is 124 cm³/mol. The van der Waals surface area contributed by atoms with E-state index in [4.69, 9.17) is 4.74 Å². The van der Waals surface area contributed by atoms with Gasteiger partial charge in [-0.2, -0.15) is 0 Å². The number of halogens is 1. The minimum absolute atomic E-state index is 0.143. The molecule has 0 fully saturated rings. The molecule has 0 unspecified atom stereocenters. The number of hydrogen-bond donors (Lipinski definition) is 1. The Bertz CT molecular complexity index is 1330. The van der Waals surface area contributed by atoms with Crippen LogP contribution >= 0.6 is 15.9 Å². The maximum atomic E-state index is 12.5. The van der Waals surface area contributed by atoms with Gasteiger partial charge in [-0.1, -0.05) is 22.0 Å². The number of amides is 1. The number of rotatable bonds is 5. The second-order valence-corrected chi connectivity index (χ2v) is 8.16. The molecule has 7 heteroatoms. The molecule has 0 aliphatic heterocycles. The van der Waals surface area contributed by atoms with Crippen molar-refractivity contribution in [2.24, 2.45) is 0 Å². The fraction of sp³-hybridized carbons (Fsp3) is 0.125. The third-order valence-electron chi connectivity index (χ3n) is 4.80. The lowest BCUT2D eigenvalue weighted by Crippen LogP contribution is -2.16. The van der Waals surface area contributed by atoms with Crippen molar-refractivity contribution < 1.29 is 9.53 Å². The summed E-state index contributed by atoms with van der Waals surface area (Å²) >= 11 is 3.36. The summed E-state index contributed by atoms with van der Waals surface area (Å²) in [7, 11) is 0. The number of aromatic nitrogens is 2. The first-order valence-corrected chi connectivity index (χ1v) is 10.5. The van der Waals surface area contributed by atoms with Gasteiger partial charge in [0.1, 0.15) is 18.0 Å². The standard InChI is InChI=1S/C24H20BrN3O3/c1-15-9-10-28-22(11-15)26-20(13-23(28)29)14-31-21-12-19(8-3-16(21)2)27-24(30)17-4-6-18(25)7-5-17/h3-13H,14H2,1-2H3,(H,27,30). The van der Waals surface area contributed by atoms with E-state index in [2.05, 4.69) is 26.2 Å². The number of nitrogens with zero attached hydrogens (tertiary/aromatic N) is 2. The lowest BCUT2D eigenvalue weighted by atomic mass is 10.1. The highest BCUT2D eigenvalue weighted by Crippen LogP contribution is 2.24. The van der Waals surface area contributed by atoms with E-state index in [0.29, 0.717) is 28.3 Å². The Morgan fingerprint density at radius 2 is 1.84 bits per heavy atom. The van der Waals surface area contributed by atoms with Crippen molar-refractivity contribution in [3.05, 3.63) is 104 Å². The molecule has 4 rings (SSSR count). The van der Waals surface area contributed by atoms with Crippen LogP contribution in [0.1, 0.15) is 27.2 Å². The molecule has 4 aromatic rings. The third kappa shape index (κ3) is 4.83. The summed E-state index contributed by atoms with van der Waals surface area (Å²) in [6.45, 7) is 4.01. The minimum Gasteiger partial charge on any atom is -0.487 e. The fourth-order valence-corrected chi connectivity index (χ4v) is 3.38. The van der Waals surface area contributed by atoms with E-state index in [1.807, 2.05) is 50.2 Å². The van der Waals surface area contributed by atoms with Crippen LogP contribution in [0.25, 0.3) is 5.65 Å². The smallest absolute Gasteiger partial charge is 0.258 e. The monoisotopic (exact) mass is 477 g/mol. The zero-order valence-electron chi connectivity index (χ0n) is 17.1. The van der Waals surface area contributed by atoms with Crippen LogP contribution in [-0.2, 0) is 6.61 Å². The largest absolute Gasteiger partial charge is 0.487 e. The minimum atomic E-state index is -0.207. The van der Waals surface area contributed by atoms with E-state index in [1.165, 1.54) is 10.5 Å². The lowest BCUT2D eigenvalue weighted by Gasteiger charge is -2.12. The van der Waals surface area contributed by atoms with Gasteiger partial charge < -0.3 is 10.1 Å². The maximum Gasteiger partial charge on any atom is 0.258 e. The van der Waals surface area contributed by atoms with Crippen LogP contribution in [0.2, 0.25) is 0 Å². The second-order valence-electron chi connectivity index (χ2n) is 7.25. The summed E-state index contributed by atoms with van der Waals surface area (Å²) in [5.41, 5.74) is 4.08. The van der Waals surface area contributed by atoms with Gasteiger partial charge in [0.2, 0.25) is 0 Å². The Hall–Kier alpha value is -3.45. The summed E-state index contributed by atoms with van der Waals surface area (Å²) in [4.78, 5) is 29.3. The first kappa shape index (κ1) is 20.8. The molecule has 2 heterocycles. The normalized spacial score (nSPS) is 10.8. The number of ether oxygens (including phenoxy) is 1. The number of anilines is 1. The highest BCUT2D eigenvalue weighted by atomic mass is 79.9. The van der Waals surface area contributed by atoms with Crippen molar-refractivity contribution in [2.75, 3.05) is 5.32 Å². The Kier molecular flexibility index (Phi) is 5.86. The number of hydrogen-bond acceptors (Lipinski definition) is 4. The van der Waals surface area contributed by atoms with E-state index in [-0.39, 0.29) is 18.1 Å². The van der Waals surface area contributed by atoms with E-state index < -0.39 is 0 Å². The molecule has 0 bridgehead atoms. The van der Waals surface area contributed by atoms with Crippen LogP contribution in [0.3, 0.4) is 0 Å². The van der Waals surface area contributed by atoms with E-state index in [0.717, 1.165) is 15.6 Å². The van der Waals surface area contributed by atoms with E-state index >= 15 is 0 Å². The van der Waals surface area contributed by atoms with Crippen molar-refractivity contribution >= 4 is 33.2 Å². The quantitative estimate of drug-likeness (QED) is 0.443. The fourth-order valence-electron chi connectivity index (χ4n) is 3.12. The van der Waals surface area contributed by atoms with Gasteiger partial charge in [-0.15, -0.1) is 0 Å². The van der Waals surface area contributed by atoms with Crippen molar-refractivity contribution in [3.8, 4) is 5.75 Å². The van der Waals surface area contributed by atoms with E-state index in [1.54, 1.807) is 24.4 Å². The van der Waals surface area contributed by atoms with Crippen molar-refractivity contribution in [1.29, 1.82) is 0 Å². The van der Waals surface area contributed by atoms with Crippen LogP contribution in [0.4, 0.5) is 5.69 Å². The lowest BCUT2D eigenvalue weighted by molar-refractivity contribution is 0.102. The molecule has 0 saturated heterocycles. The van der Waals surface area contributed by atoms with Gasteiger partial charge in [0, 0.05) is 34.1 Å². The Balaban J connectivity index is 1.51. The molecular formula is C24H20BrN3O3. The molecule has 0 aliphatic rings. The highest BCUT2D eigenvalue weighted by molar-refractivity contribution is 9.10. The second kappa shape index (κ2) is 8.73. The molecule has 2 aromatic heterocycles. The topological polar surface area (TPSA) is 72.7 Å². The molecule has 1 N–H and O–H groups in total. The van der Waals surface area contributed by atoms with Crippen LogP contribution in [0, 0.1) is 13.8 Å². The molecule has 156 valence electrons. The van der Waals surface area contributed by atoms with Gasteiger partial charge in [-0.05, 0) is 67.4 Å². The van der Waals surface area contributed by atoms with Crippen molar-refractivity contribution in [1.82, 2.24) is 9.38 Å². The number of aryl methyl sites for hydroxylation is 2. The Morgan fingerprint density at radius 1 is 1.06 bits per heavy atom. The molecule has 6 nitrogen and oxygen atoms in total. The van der Waals surface area contributed by atoms with Gasteiger partial charge in [0.25, 0.3) is 11.5 Å². The molecule has 0 radical (unpaired) electrons. The molecule has 0 spiro atoms. The number of carbonyl (C=O) groups is 1. The maximum absolute atomic E-state index is 12.5. The number of benzene rings is 2. The molecule has 0 atom stereocenters. The summed E-state index contributed by atoms with van der Waals surface area (Å²) in [6, 6.07) is 17.8. The zero-order chi connectivity index (χ0) is 22.0. The molecule has 0 aliphatic carbocycles. The number of pyridine rings is 1. The molecule has 2 aromatic carbocycles. The Labute approximate surface area is 187 Å².